The summed E-state index contributed by atoms with van der Waals surface area (Å²) in [6.45, 7) is 7.62. The molecule has 1 N–H and O–H groups in total. The Morgan fingerprint density at radius 2 is 1.74 bits per heavy atom. The van der Waals surface area contributed by atoms with Crippen LogP contribution < -0.4 is 10.1 Å². The topological polar surface area (TPSA) is 65.1 Å². The van der Waals surface area contributed by atoms with Crippen LogP contribution in [0.1, 0.15) is 30.9 Å². The zero-order valence-electron chi connectivity index (χ0n) is 21.0. The molecule has 35 heavy (non-hydrogen) atoms. The monoisotopic (exact) mass is 478 g/mol. The van der Waals surface area contributed by atoms with Crippen LogP contribution in [0.4, 0.5) is 4.79 Å². The van der Waals surface area contributed by atoms with Crippen LogP contribution in [-0.2, 0) is 11.3 Å². The number of carbonyl (C=O) groups excluding carboxylic acids is 2. The second kappa shape index (κ2) is 14.2. The molecule has 1 heterocycles. The van der Waals surface area contributed by atoms with Gasteiger partial charge in [-0.25, -0.2) is 4.79 Å². The molecule has 7 heteroatoms. The van der Waals surface area contributed by atoms with E-state index in [4.69, 9.17) is 4.74 Å². The Morgan fingerprint density at radius 1 is 1.03 bits per heavy atom. The summed E-state index contributed by atoms with van der Waals surface area (Å²) >= 11 is 0. The third-order valence-electron chi connectivity index (χ3n) is 6.21. The quantitative estimate of drug-likeness (QED) is 0.533. The van der Waals surface area contributed by atoms with Crippen molar-refractivity contribution in [2.24, 2.45) is 0 Å². The lowest BCUT2D eigenvalue weighted by atomic mass is 10.2. The summed E-state index contributed by atoms with van der Waals surface area (Å²) in [6, 6.07) is 17.8. The number of benzene rings is 2. The van der Waals surface area contributed by atoms with Gasteiger partial charge in [-0.1, -0.05) is 67.6 Å². The maximum atomic E-state index is 12.7. The standard InChI is InChI=1S/C28H38N4O3/c1-3-10-27(33)31(16-9-14-25-13-7-8-15-26(25)35-2)20-17-30-18-21-32(22-19-30)28(34)29-23-24-11-5-4-6-12-24/h4-9,11-15H,3,10,16-23H2,1-2H3,(H,29,34)/b14-9+. The van der Waals surface area contributed by atoms with Crippen LogP contribution in [-0.4, -0.2) is 79.6 Å². The Kier molecular flexibility index (Phi) is 10.6. The Labute approximate surface area is 209 Å². The maximum Gasteiger partial charge on any atom is 0.317 e. The molecule has 0 radical (unpaired) electrons. The Bertz CT molecular complexity index is 956. The van der Waals surface area contributed by atoms with Crippen molar-refractivity contribution < 1.29 is 14.3 Å². The number of hydrogen-bond acceptors (Lipinski definition) is 4. The average Bonchev–Trinajstić information content (AvgIpc) is 2.90. The molecule has 0 saturated carbocycles. The molecule has 0 spiro atoms. The Balaban J connectivity index is 1.45. The molecule has 2 aromatic rings. The van der Waals surface area contributed by atoms with E-state index in [1.807, 2.05) is 83.5 Å². The highest BCUT2D eigenvalue weighted by Gasteiger charge is 2.21. The second-order valence-corrected chi connectivity index (χ2v) is 8.71. The number of rotatable bonds is 11. The molecule has 3 rings (SSSR count). The summed E-state index contributed by atoms with van der Waals surface area (Å²) in [5, 5.41) is 3.01. The van der Waals surface area contributed by atoms with E-state index in [1.54, 1.807) is 7.11 Å². The molecule has 0 bridgehead atoms. The Morgan fingerprint density at radius 3 is 2.46 bits per heavy atom. The van der Waals surface area contributed by atoms with Crippen molar-refractivity contribution in [3.8, 4) is 5.75 Å². The highest BCUT2D eigenvalue weighted by atomic mass is 16.5. The number of ether oxygens (including phenoxy) is 1. The molecule has 3 amide bonds. The first kappa shape index (κ1) is 26.3. The summed E-state index contributed by atoms with van der Waals surface area (Å²) < 4.78 is 5.41. The fourth-order valence-electron chi connectivity index (χ4n) is 4.12. The largest absolute Gasteiger partial charge is 0.496 e. The zero-order valence-corrected chi connectivity index (χ0v) is 21.0. The molecule has 1 fully saturated rings. The molecule has 0 atom stereocenters. The lowest BCUT2D eigenvalue weighted by Gasteiger charge is -2.35. The van der Waals surface area contributed by atoms with Gasteiger partial charge >= 0.3 is 6.03 Å². The van der Waals surface area contributed by atoms with E-state index in [9.17, 15) is 9.59 Å². The number of amides is 3. The van der Waals surface area contributed by atoms with Crippen molar-refractivity contribution in [3.05, 3.63) is 71.8 Å². The van der Waals surface area contributed by atoms with Crippen molar-refractivity contribution in [2.45, 2.75) is 26.3 Å². The van der Waals surface area contributed by atoms with E-state index >= 15 is 0 Å². The molecule has 1 aliphatic heterocycles. The number of methoxy groups -OCH3 is 1. The molecular formula is C28H38N4O3. The molecule has 2 aromatic carbocycles. The van der Waals surface area contributed by atoms with Crippen LogP contribution in [0.2, 0.25) is 0 Å². The third kappa shape index (κ3) is 8.44. The lowest BCUT2D eigenvalue weighted by Crippen LogP contribution is -2.53. The van der Waals surface area contributed by atoms with Crippen LogP contribution >= 0.6 is 0 Å². The van der Waals surface area contributed by atoms with Crippen molar-refractivity contribution in [2.75, 3.05) is 52.9 Å². The van der Waals surface area contributed by atoms with E-state index in [0.29, 0.717) is 39.1 Å². The predicted octanol–water partition coefficient (Wildman–Crippen LogP) is 3.86. The number of hydrogen-bond donors (Lipinski definition) is 1. The summed E-state index contributed by atoms with van der Waals surface area (Å²) in [6.07, 6.45) is 5.43. The maximum absolute atomic E-state index is 12.7. The van der Waals surface area contributed by atoms with Gasteiger partial charge in [0.2, 0.25) is 5.91 Å². The predicted molar refractivity (Wildman–Crippen MR) is 140 cm³/mol. The van der Waals surface area contributed by atoms with Gasteiger partial charge in [0.05, 0.1) is 7.11 Å². The smallest absolute Gasteiger partial charge is 0.317 e. The first-order valence-corrected chi connectivity index (χ1v) is 12.5. The Hall–Kier alpha value is -3.32. The molecule has 0 unspecified atom stereocenters. The van der Waals surface area contributed by atoms with E-state index < -0.39 is 0 Å². The van der Waals surface area contributed by atoms with E-state index in [0.717, 1.165) is 42.9 Å². The molecular weight excluding hydrogens is 440 g/mol. The minimum Gasteiger partial charge on any atom is -0.496 e. The van der Waals surface area contributed by atoms with Gasteiger partial charge in [-0.15, -0.1) is 0 Å². The van der Waals surface area contributed by atoms with E-state index in [1.165, 1.54) is 0 Å². The van der Waals surface area contributed by atoms with Gasteiger partial charge in [-0.3, -0.25) is 9.69 Å². The van der Waals surface area contributed by atoms with E-state index in [-0.39, 0.29) is 11.9 Å². The number of urea groups is 1. The van der Waals surface area contributed by atoms with Crippen LogP contribution in [0.5, 0.6) is 5.75 Å². The number of nitrogens with zero attached hydrogens (tertiary/aromatic N) is 3. The first-order valence-electron chi connectivity index (χ1n) is 12.5. The lowest BCUT2D eigenvalue weighted by molar-refractivity contribution is -0.130. The number of carbonyl (C=O) groups is 2. The van der Waals surface area contributed by atoms with Crippen LogP contribution in [0.3, 0.4) is 0 Å². The summed E-state index contributed by atoms with van der Waals surface area (Å²) in [7, 11) is 1.66. The summed E-state index contributed by atoms with van der Waals surface area (Å²) in [4.78, 5) is 31.3. The molecule has 0 aliphatic carbocycles. The van der Waals surface area contributed by atoms with Crippen molar-refractivity contribution in [1.82, 2.24) is 20.0 Å². The fraction of sp³-hybridized carbons (Fsp3) is 0.429. The fourth-order valence-corrected chi connectivity index (χ4v) is 4.12. The number of nitrogens with one attached hydrogen (secondary N) is 1. The normalized spacial score (nSPS) is 14.2. The zero-order chi connectivity index (χ0) is 24.9. The summed E-state index contributed by atoms with van der Waals surface area (Å²) in [5.41, 5.74) is 2.09. The molecule has 0 aromatic heterocycles. The number of piperazine rings is 1. The van der Waals surface area contributed by atoms with Gasteiger partial charge in [0.1, 0.15) is 5.75 Å². The number of para-hydroxylation sites is 1. The van der Waals surface area contributed by atoms with Crippen molar-refractivity contribution >= 4 is 18.0 Å². The summed E-state index contributed by atoms with van der Waals surface area (Å²) in [5.74, 6) is 0.997. The van der Waals surface area contributed by atoms with Crippen molar-refractivity contribution in [1.29, 1.82) is 0 Å². The molecule has 188 valence electrons. The molecule has 1 aliphatic rings. The molecule has 1 saturated heterocycles. The first-order chi connectivity index (χ1) is 17.1. The van der Waals surface area contributed by atoms with Gasteiger partial charge in [-0.2, -0.15) is 0 Å². The third-order valence-corrected chi connectivity index (χ3v) is 6.21. The minimum atomic E-state index is -0.0188. The van der Waals surface area contributed by atoms with Crippen LogP contribution in [0.15, 0.2) is 60.7 Å². The minimum absolute atomic E-state index is 0.0188. The molecule has 7 nitrogen and oxygen atoms in total. The van der Waals surface area contributed by atoms with Crippen LogP contribution in [0.25, 0.3) is 6.08 Å². The van der Waals surface area contributed by atoms with Gasteiger partial charge in [0, 0.05) is 64.3 Å². The van der Waals surface area contributed by atoms with E-state index in [2.05, 4.69) is 10.2 Å². The van der Waals surface area contributed by atoms with Gasteiger partial charge < -0.3 is 19.9 Å². The highest BCUT2D eigenvalue weighted by Crippen LogP contribution is 2.18. The van der Waals surface area contributed by atoms with Crippen molar-refractivity contribution in [3.63, 3.8) is 0 Å². The average molecular weight is 479 g/mol. The van der Waals surface area contributed by atoms with Gasteiger partial charge in [0.25, 0.3) is 0 Å². The van der Waals surface area contributed by atoms with Gasteiger partial charge in [0.15, 0.2) is 0 Å². The van der Waals surface area contributed by atoms with Gasteiger partial charge in [-0.05, 0) is 18.1 Å². The van der Waals surface area contributed by atoms with Crippen LogP contribution in [0, 0.1) is 0 Å². The highest BCUT2D eigenvalue weighted by molar-refractivity contribution is 5.76. The SMILES string of the molecule is CCCC(=O)N(C/C=C/c1ccccc1OC)CCN1CCN(C(=O)NCc2ccccc2)CC1. The second-order valence-electron chi connectivity index (χ2n) is 8.71.